The van der Waals surface area contributed by atoms with E-state index in [1.807, 2.05) is 0 Å². The fraction of sp³-hybridized carbons (Fsp3) is 0.0909. The molecule has 1 N–H and O–H groups in total. The Hall–Kier alpha value is -2.25. The Morgan fingerprint density at radius 3 is 2.32 bits per heavy atom. The molecular formula is C11H4F5NO2. The molecule has 0 amide bonds. The van der Waals surface area contributed by atoms with Gasteiger partial charge in [0.25, 0.3) is 0 Å². The monoisotopic (exact) mass is 277 g/mol. The maximum absolute atomic E-state index is 13.5. The second kappa shape index (κ2) is 4.15. The molecule has 0 atom stereocenters. The number of carbonyl (C=O) groups is 1. The van der Waals surface area contributed by atoms with Crippen molar-refractivity contribution in [3.05, 3.63) is 41.1 Å². The largest absolute Gasteiger partial charge is 0.478 e. The van der Waals surface area contributed by atoms with Crippen molar-refractivity contribution in [1.29, 1.82) is 0 Å². The van der Waals surface area contributed by atoms with Crippen LogP contribution in [0.5, 0.6) is 0 Å². The van der Waals surface area contributed by atoms with Gasteiger partial charge >= 0.3 is 12.1 Å². The van der Waals surface area contributed by atoms with Crippen LogP contribution in [0.1, 0.15) is 16.1 Å². The lowest BCUT2D eigenvalue weighted by molar-refractivity contribution is -0.143. The lowest BCUT2D eigenvalue weighted by Gasteiger charge is -2.09. The molecule has 3 nitrogen and oxygen atoms in total. The predicted octanol–water partition coefficient (Wildman–Crippen LogP) is 3.23. The summed E-state index contributed by atoms with van der Waals surface area (Å²) in [7, 11) is 0. The number of nitrogens with zero attached hydrogens (tertiary/aromatic N) is 1. The number of carboxylic acids is 1. The average molecular weight is 277 g/mol. The minimum atomic E-state index is -5.17. The van der Waals surface area contributed by atoms with Gasteiger partial charge in [0.05, 0.1) is 11.1 Å². The van der Waals surface area contributed by atoms with Gasteiger partial charge in [-0.25, -0.2) is 18.6 Å². The summed E-state index contributed by atoms with van der Waals surface area (Å²) in [6.45, 7) is 0. The van der Waals surface area contributed by atoms with E-state index >= 15 is 0 Å². The van der Waals surface area contributed by atoms with Crippen LogP contribution in [-0.2, 0) is 6.18 Å². The van der Waals surface area contributed by atoms with Gasteiger partial charge in [0.2, 0.25) is 0 Å². The summed E-state index contributed by atoms with van der Waals surface area (Å²) >= 11 is 0. The molecule has 0 bridgehead atoms. The van der Waals surface area contributed by atoms with E-state index in [0.29, 0.717) is 0 Å². The number of aromatic carboxylic acids is 1. The van der Waals surface area contributed by atoms with Gasteiger partial charge in [-0.15, -0.1) is 0 Å². The van der Waals surface area contributed by atoms with Crippen LogP contribution in [0.3, 0.4) is 0 Å². The minimum Gasteiger partial charge on any atom is -0.478 e. The first kappa shape index (κ1) is 13.2. The Labute approximate surface area is 102 Å². The highest BCUT2D eigenvalue weighted by molar-refractivity contribution is 5.93. The summed E-state index contributed by atoms with van der Waals surface area (Å²) < 4.78 is 64.0. The average Bonchev–Trinajstić information content (AvgIpc) is 2.31. The Kier molecular flexibility index (Phi) is 2.88. The topological polar surface area (TPSA) is 50.2 Å². The van der Waals surface area contributed by atoms with E-state index in [9.17, 15) is 26.7 Å². The van der Waals surface area contributed by atoms with Gasteiger partial charge in [-0.1, -0.05) is 0 Å². The number of carboxylic acid groups (broad SMARTS) is 1. The highest BCUT2D eigenvalue weighted by Gasteiger charge is 2.38. The van der Waals surface area contributed by atoms with Gasteiger partial charge in [-0.05, 0) is 18.2 Å². The van der Waals surface area contributed by atoms with Gasteiger partial charge in [0.1, 0.15) is 0 Å². The number of benzene rings is 1. The van der Waals surface area contributed by atoms with E-state index in [2.05, 4.69) is 4.98 Å². The molecule has 0 aliphatic rings. The smallest absolute Gasteiger partial charge is 0.436 e. The van der Waals surface area contributed by atoms with E-state index in [-0.39, 0.29) is 5.56 Å². The summed E-state index contributed by atoms with van der Waals surface area (Å²) in [5, 5.41) is 8.16. The van der Waals surface area contributed by atoms with Crippen molar-refractivity contribution in [1.82, 2.24) is 4.98 Å². The molecule has 1 aromatic carbocycles. The third-order valence-electron chi connectivity index (χ3n) is 2.38. The summed E-state index contributed by atoms with van der Waals surface area (Å²) in [4.78, 5) is 13.6. The molecule has 0 saturated heterocycles. The number of hydrogen-bond acceptors (Lipinski definition) is 2. The third-order valence-corrected chi connectivity index (χ3v) is 2.38. The van der Waals surface area contributed by atoms with Crippen LogP contribution >= 0.6 is 0 Å². The molecule has 0 saturated carbocycles. The number of aromatic nitrogens is 1. The molecule has 0 aliphatic carbocycles. The predicted molar refractivity (Wildman–Crippen MR) is 53.6 cm³/mol. The van der Waals surface area contributed by atoms with Crippen molar-refractivity contribution >= 4 is 16.9 Å². The van der Waals surface area contributed by atoms with Gasteiger partial charge < -0.3 is 5.11 Å². The van der Waals surface area contributed by atoms with Crippen LogP contribution < -0.4 is 0 Å². The maximum atomic E-state index is 13.5. The Morgan fingerprint density at radius 1 is 1.16 bits per heavy atom. The molecule has 100 valence electrons. The lowest BCUT2D eigenvalue weighted by atomic mass is 10.1. The summed E-state index contributed by atoms with van der Waals surface area (Å²) in [6.07, 6.45) is -5.17. The highest BCUT2D eigenvalue weighted by Crippen LogP contribution is 2.33. The molecule has 1 aromatic heterocycles. The summed E-state index contributed by atoms with van der Waals surface area (Å²) in [5.74, 6) is -5.24. The maximum Gasteiger partial charge on any atom is 0.436 e. The quantitative estimate of drug-likeness (QED) is 0.814. The minimum absolute atomic E-state index is 0.376. The van der Waals surface area contributed by atoms with Crippen LogP contribution in [0.4, 0.5) is 22.0 Å². The second-order valence-corrected chi connectivity index (χ2v) is 3.62. The molecule has 2 rings (SSSR count). The number of fused-ring (bicyclic) bond motifs is 1. The molecular weight excluding hydrogens is 273 g/mol. The number of hydrogen-bond donors (Lipinski definition) is 1. The molecule has 1 heterocycles. The van der Waals surface area contributed by atoms with Crippen molar-refractivity contribution in [2.45, 2.75) is 6.18 Å². The van der Waals surface area contributed by atoms with Crippen molar-refractivity contribution in [2.24, 2.45) is 0 Å². The van der Waals surface area contributed by atoms with E-state index in [1.54, 1.807) is 0 Å². The zero-order valence-electron chi connectivity index (χ0n) is 8.92. The van der Waals surface area contributed by atoms with Gasteiger partial charge in [0.15, 0.2) is 17.3 Å². The van der Waals surface area contributed by atoms with Gasteiger partial charge in [0, 0.05) is 5.39 Å². The molecule has 0 spiro atoms. The zero-order valence-corrected chi connectivity index (χ0v) is 8.92. The van der Waals surface area contributed by atoms with Crippen LogP contribution in [0, 0.1) is 11.6 Å². The first-order valence-electron chi connectivity index (χ1n) is 4.81. The van der Waals surface area contributed by atoms with E-state index in [0.717, 1.165) is 18.2 Å². The van der Waals surface area contributed by atoms with Crippen molar-refractivity contribution < 1.29 is 31.9 Å². The second-order valence-electron chi connectivity index (χ2n) is 3.62. The normalized spacial score (nSPS) is 11.8. The molecule has 0 aliphatic heterocycles. The van der Waals surface area contributed by atoms with Crippen LogP contribution in [-0.4, -0.2) is 16.1 Å². The van der Waals surface area contributed by atoms with Crippen LogP contribution in [0.15, 0.2) is 18.2 Å². The van der Waals surface area contributed by atoms with Crippen LogP contribution in [0.2, 0.25) is 0 Å². The Balaban J connectivity index is 2.82. The molecule has 8 heteroatoms. The number of alkyl halides is 3. The molecule has 0 fully saturated rings. The number of halogens is 5. The fourth-order valence-electron chi connectivity index (χ4n) is 1.52. The summed E-state index contributed by atoms with van der Waals surface area (Å²) in [5.41, 5.74) is -2.97. The molecule has 2 aromatic rings. The molecule has 19 heavy (non-hydrogen) atoms. The Morgan fingerprint density at radius 2 is 1.79 bits per heavy atom. The lowest BCUT2D eigenvalue weighted by Crippen LogP contribution is -2.13. The Bertz CT molecular complexity index is 681. The van der Waals surface area contributed by atoms with E-state index in [1.165, 1.54) is 0 Å². The van der Waals surface area contributed by atoms with Gasteiger partial charge in [-0.2, -0.15) is 13.2 Å². The van der Waals surface area contributed by atoms with Crippen molar-refractivity contribution in [3.8, 4) is 0 Å². The van der Waals surface area contributed by atoms with Crippen LogP contribution in [0.25, 0.3) is 10.9 Å². The summed E-state index contributed by atoms with van der Waals surface area (Å²) in [6, 6.07) is 2.56. The third kappa shape index (κ3) is 2.20. The van der Waals surface area contributed by atoms with Crippen molar-refractivity contribution in [3.63, 3.8) is 0 Å². The number of pyridine rings is 1. The SMILES string of the molecule is O=C(O)c1ccc2c(F)c(F)c(C(F)(F)F)nc2c1. The first-order chi connectivity index (χ1) is 8.71. The van der Waals surface area contributed by atoms with E-state index in [4.69, 9.17) is 5.11 Å². The standard InChI is InChI=1S/C11H4F5NO2/c12-7-5-2-1-4(10(18)19)3-6(5)17-9(8(7)13)11(14,15)16/h1-3H,(H,18,19). The fourth-order valence-corrected chi connectivity index (χ4v) is 1.52. The number of rotatable bonds is 1. The zero-order chi connectivity index (χ0) is 14.4. The first-order valence-corrected chi connectivity index (χ1v) is 4.81. The van der Waals surface area contributed by atoms with Crippen molar-refractivity contribution in [2.75, 3.05) is 0 Å². The molecule has 0 radical (unpaired) electrons. The highest BCUT2D eigenvalue weighted by atomic mass is 19.4. The molecule has 0 unspecified atom stereocenters. The van der Waals surface area contributed by atoms with E-state index < -0.39 is 40.4 Å². The van der Waals surface area contributed by atoms with Gasteiger partial charge in [-0.3, -0.25) is 0 Å².